The molecule has 0 aromatic carbocycles. The molecule has 0 bridgehead atoms. The van der Waals surface area contributed by atoms with Crippen LogP contribution in [0.4, 0.5) is 5.13 Å². The van der Waals surface area contributed by atoms with Crippen molar-refractivity contribution >= 4 is 16.5 Å². The van der Waals surface area contributed by atoms with Gasteiger partial charge in [-0.05, 0) is 18.8 Å². The number of rotatable bonds is 3. The first kappa shape index (κ1) is 9.00. The van der Waals surface area contributed by atoms with Crippen LogP contribution in [0, 0.1) is 5.41 Å². The van der Waals surface area contributed by atoms with Gasteiger partial charge in [0.15, 0.2) is 5.13 Å². The number of aromatic nitrogens is 1. The van der Waals surface area contributed by atoms with Crippen molar-refractivity contribution in [2.75, 3.05) is 11.9 Å². The van der Waals surface area contributed by atoms with Crippen LogP contribution >= 0.6 is 11.3 Å². The second-order valence-electron chi connectivity index (χ2n) is 4.35. The summed E-state index contributed by atoms with van der Waals surface area (Å²) >= 11 is 1.72. The third-order valence-corrected chi connectivity index (χ3v) is 3.54. The Morgan fingerprint density at radius 3 is 2.92 bits per heavy atom. The Balaban J connectivity index is 2.07. The summed E-state index contributed by atoms with van der Waals surface area (Å²) < 4.78 is 0. The number of nitrogens with one attached hydrogen (secondary N) is 1. The highest BCUT2D eigenvalue weighted by Crippen LogP contribution is 2.58. The summed E-state index contributed by atoms with van der Waals surface area (Å²) in [6.45, 7) is 7.68. The lowest BCUT2D eigenvalue weighted by atomic mass is 10.1. The maximum absolute atomic E-state index is 4.57. The van der Waals surface area contributed by atoms with Crippen molar-refractivity contribution in [2.45, 2.75) is 33.1 Å². The van der Waals surface area contributed by atoms with E-state index in [2.05, 4.69) is 36.5 Å². The molecule has 1 fully saturated rings. The SMILES string of the molecule is CCNc1nc(C2CC2(C)C)cs1. The highest BCUT2D eigenvalue weighted by molar-refractivity contribution is 7.13. The third kappa shape index (κ3) is 1.70. The number of hydrogen-bond acceptors (Lipinski definition) is 3. The van der Waals surface area contributed by atoms with E-state index < -0.39 is 0 Å². The lowest BCUT2D eigenvalue weighted by molar-refractivity contribution is 0.617. The zero-order chi connectivity index (χ0) is 9.47. The normalized spacial score (nSPS) is 24.4. The predicted molar refractivity (Wildman–Crippen MR) is 57.4 cm³/mol. The average molecular weight is 196 g/mol. The van der Waals surface area contributed by atoms with E-state index in [1.54, 1.807) is 11.3 Å². The molecule has 1 heterocycles. The maximum Gasteiger partial charge on any atom is 0.182 e. The van der Waals surface area contributed by atoms with Gasteiger partial charge >= 0.3 is 0 Å². The van der Waals surface area contributed by atoms with Gasteiger partial charge in [-0.25, -0.2) is 4.98 Å². The summed E-state index contributed by atoms with van der Waals surface area (Å²) in [5, 5.41) is 6.51. The van der Waals surface area contributed by atoms with Crippen LogP contribution in [0.3, 0.4) is 0 Å². The quantitative estimate of drug-likeness (QED) is 0.803. The van der Waals surface area contributed by atoms with Crippen molar-refractivity contribution < 1.29 is 0 Å². The van der Waals surface area contributed by atoms with Gasteiger partial charge in [-0.15, -0.1) is 11.3 Å². The molecule has 2 rings (SSSR count). The van der Waals surface area contributed by atoms with Gasteiger partial charge in [0.2, 0.25) is 0 Å². The monoisotopic (exact) mass is 196 g/mol. The zero-order valence-electron chi connectivity index (χ0n) is 8.42. The van der Waals surface area contributed by atoms with E-state index in [0.29, 0.717) is 11.3 Å². The first-order valence-electron chi connectivity index (χ1n) is 4.83. The fraction of sp³-hybridized carbons (Fsp3) is 0.700. The average Bonchev–Trinajstić information content (AvgIpc) is 2.52. The molecule has 1 atom stereocenters. The summed E-state index contributed by atoms with van der Waals surface area (Å²) in [6.07, 6.45) is 1.29. The van der Waals surface area contributed by atoms with E-state index in [0.717, 1.165) is 11.7 Å². The molecule has 2 nitrogen and oxygen atoms in total. The Bertz CT molecular complexity index is 304. The second-order valence-corrected chi connectivity index (χ2v) is 5.21. The Morgan fingerprint density at radius 2 is 2.38 bits per heavy atom. The summed E-state index contributed by atoms with van der Waals surface area (Å²) in [4.78, 5) is 4.57. The fourth-order valence-electron chi connectivity index (χ4n) is 1.65. The number of thiazole rings is 1. The molecular weight excluding hydrogens is 180 g/mol. The van der Waals surface area contributed by atoms with Crippen LogP contribution in [-0.4, -0.2) is 11.5 Å². The summed E-state index contributed by atoms with van der Waals surface area (Å²) in [5.41, 5.74) is 1.78. The summed E-state index contributed by atoms with van der Waals surface area (Å²) in [5.74, 6) is 0.705. The van der Waals surface area contributed by atoms with Crippen LogP contribution < -0.4 is 5.32 Å². The predicted octanol–water partition coefficient (Wildman–Crippen LogP) is 3.09. The minimum absolute atomic E-state index is 0.498. The van der Waals surface area contributed by atoms with Gasteiger partial charge in [-0.2, -0.15) is 0 Å². The van der Waals surface area contributed by atoms with E-state index in [-0.39, 0.29) is 0 Å². The maximum atomic E-state index is 4.57. The Kier molecular flexibility index (Phi) is 2.06. The molecule has 1 unspecified atom stereocenters. The standard InChI is InChI=1S/C10H16N2S/c1-4-11-9-12-8(6-13-9)7-5-10(7,2)3/h6-7H,4-5H2,1-3H3,(H,11,12). The molecule has 13 heavy (non-hydrogen) atoms. The molecule has 0 aliphatic heterocycles. The molecule has 1 aromatic heterocycles. The Hall–Kier alpha value is -0.570. The van der Waals surface area contributed by atoms with Crippen molar-refractivity contribution in [1.82, 2.24) is 4.98 Å². The van der Waals surface area contributed by atoms with E-state index in [4.69, 9.17) is 0 Å². The van der Waals surface area contributed by atoms with Gasteiger partial charge in [-0.3, -0.25) is 0 Å². The van der Waals surface area contributed by atoms with Crippen LogP contribution in [-0.2, 0) is 0 Å². The highest BCUT2D eigenvalue weighted by atomic mass is 32.1. The smallest absolute Gasteiger partial charge is 0.182 e. The van der Waals surface area contributed by atoms with Gasteiger partial charge in [0.1, 0.15) is 0 Å². The van der Waals surface area contributed by atoms with Crippen molar-refractivity contribution in [3.05, 3.63) is 11.1 Å². The minimum Gasteiger partial charge on any atom is -0.362 e. The van der Waals surface area contributed by atoms with Gasteiger partial charge in [0.25, 0.3) is 0 Å². The third-order valence-electron chi connectivity index (χ3n) is 2.72. The summed E-state index contributed by atoms with van der Waals surface area (Å²) in [7, 11) is 0. The number of anilines is 1. The van der Waals surface area contributed by atoms with E-state index >= 15 is 0 Å². The van der Waals surface area contributed by atoms with Crippen LogP contribution in [0.15, 0.2) is 5.38 Å². The lowest BCUT2D eigenvalue weighted by Crippen LogP contribution is -1.96. The number of hydrogen-bond donors (Lipinski definition) is 1. The van der Waals surface area contributed by atoms with Crippen LogP contribution in [0.1, 0.15) is 38.8 Å². The molecule has 1 aromatic rings. The minimum atomic E-state index is 0.498. The molecule has 1 N–H and O–H groups in total. The first-order chi connectivity index (χ1) is 6.13. The highest BCUT2D eigenvalue weighted by Gasteiger charge is 2.47. The molecular formula is C10H16N2S. The largest absolute Gasteiger partial charge is 0.362 e. The van der Waals surface area contributed by atoms with Crippen molar-refractivity contribution in [3.8, 4) is 0 Å². The van der Waals surface area contributed by atoms with E-state index in [9.17, 15) is 0 Å². The Morgan fingerprint density at radius 1 is 1.69 bits per heavy atom. The van der Waals surface area contributed by atoms with Gasteiger partial charge < -0.3 is 5.32 Å². The molecule has 1 aliphatic rings. The zero-order valence-corrected chi connectivity index (χ0v) is 9.24. The summed E-state index contributed by atoms with van der Waals surface area (Å²) in [6, 6.07) is 0. The van der Waals surface area contributed by atoms with Crippen molar-refractivity contribution in [3.63, 3.8) is 0 Å². The van der Waals surface area contributed by atoms with Gasteiger partial charge in [0.05, 0.1) is 5.69 Å². The number of nitrogens with zero attached hydrogens (tertiary/aromatic N) is 1. The molecule has 0 amide bonds. The molecule has 72 valence electrons. The molecule has 0 spiro atoms. The molecule has 3 heteroatoms. The van der Waals surface area contributed by atoms with Crippen LogP contribution in [0.2, 0.25) is 0 Å². The van der Waals surface area contributed by atoms with E-state index in [1.165, 1.54) is 12.1 Å². The van der Waals surface area contributed by atoms with Crippen molar-refractivity contribution in [1.29, 1.82) is 0 Å². The molecule has 1 saturated carbocycles. The second kappa shape index (κ2) is 2.98. The van der Waals surface area contributed by atoms with Crippen LogP contribution in [0.25, 0.3) is 0 Å². The fourth-order valence-corrected chi connectivity index (χ4v) is 2.49. The van der Waals surface area contributed by atoms with Crippen LogP contribution in [0.5, 0.6) is 0 Å². The van der Waals surface area contributed by atoms with Gasteiger partial charge in [-0.1, -0.05) is 13.8 Å². The van der Waals surface area contributed by atoms with Crippen molar-refractivity contribution in [2.24, 2.45) is 5.41 Å². The molecule has 0 radical (unpaired) electrons. The Labute approximate surface area is 83.4 Å². The molecule has 0 saturated heterocycles. The first-order valence-corrected chi connectivity index (χ1v) is 5.71. The molecule has 1 aliphatic carbocycles. The topological polar surface area (TPSA) is 24.9 Å². The van der Waals surface area contributed by atoms with Gasteiger partial charge in [0, 0.05) is 17.8 Å². The van der Waals surface area contributed by atoms with E-state index in [1.807, 2.05) is 0 Å². The lowest BCUT2D eigenvalue weighted by Gasteiger charge is -1.98.